The summed E-state index contributed by atoms with van der Waals surface area (Å²) >= 11 is 0. The third-order valence-electron chi connectivity index (χ3n) is 4.10. The first-order chi connectivity index (χ1) is 11.6. The first kappa shape index (κ1) is 19.0. The fraction of sp³-hybridized carbons (Fsp3) is 0.562. The monoisotopic (exact) mass is 359 g/mol. The summed E-state index contributed by atoms with van der Waals surface area (Å²) < 4.78 is 44.1. The molecule has 1 saturated heterocycles. The summed E-state index contributed by atoms with van der Waals surface area (Å²) in [6.07, 6.45) is -4.58. The van der Waals surface area contributed by atoms with E-state index in [1.54, 1.807) is 13.0 Å². The molecule has 0 saturated carbocycles. The third-order valence-corrected chi connectivity index (χ3v) is 4.10. The Hall–Kier alpha value is -2.32. The fourth-order valence-electron chi connectivity index (χ4n) is 2.92. The summed E-state index contributed by atoms with van der Waals surface area (Å²) in [4.78, 5) is 28.8. The van der Waals surface area contributed by atoms with Crippen molar-refractivity contribution in [2.75, 3.05) is 13.7 Å². The number of nitrogens with zero attached hydrogens (tertiary/aromatic N) is 2. The van der Waals surface area contributed by atoms with E-state index in [1.807, 2.05) is 0 Å². The Morgan fingerprint density at radius 3 is 2.56 bits per heavy atom. The van der Waals surface area contributed by atoms with Crippen LogP contribution in [0.4, 0.5) is 13.2 Å². The van der Waals surface area contributed by atoms with E-state index >= 15 is 0 Å². The van der Waals surface area contributed by atoms with Crippen molar-refractivity contribution >= 4 is 11.8 Å². The Morgan fingerprint density at radius 2 is 2.00 bits per heavy atom. The topological polar surface area (TPSA) is 71.5 Å². The maximum atomic E-state index is 13.0. The van der Waals surface area contributed by atoms with E-state index in [2.05, 4.69) is 10.3 Å². The predicted molar refractivity (Wildman–Crippen MR) is 83.2 cm³/mol. The molecule has 2 amide bonds. The molecule has 1 N–H and O–H groups in total. The molecule has 1 aromatic heterocycles. The maximum Gasteiger partial charge on any atom is 0.408 e. The van der Waals surface area contributed by atoms with Gasteiger partial charge in [-0.2, -0.15) is 13.2 Å². The number of pyridine rings is 1. The molecule has 1 aromatic rings. The molecule has 1 fully saturated rings. The zero-order chi connectivity index (χ0) is 18.8. The first-order valence-corrected chi connectivity index (χ1v) is 7.79. The number of aryl methyl sites for hydroxylation is 1. The minimum absolute atomic E-state index is 0.140. The number of aromatic nitrogens is 1. The molecule has 6 nitrogen and oxygen atoms in total. The summed E-state index contributed by atoms with van der Waals surface area (Å²) in [7, 11) is 1.42. The second-order valence-corrected chi connectivity index (χ2v) is 6.02. The van der Waals surface area contributed by atoms with Crippen molar-refractivity contribution in [1.82, 2.24) is 15.2 Å². The summed E-state index contributed by atoms with van der Waals surface area (Å²) in [6, 6.07) is 0.657. The van der Waals surface area contributed by atoms with Gasteiger partial charge in [0.2, 0.25) is 11.8 Å². The number of piperidine rings is 1. The first-order valence-electron chi connectivity index (χ1n) is 7.79. The lowest BCUT2D eigenvalue weighted by Gasteiger charge is -2.40. The summed E-state index contributed by atoms with van der Waals surface area (Å²) in [5.74, 6) is -0.832. The Morgan fingerprint density at radius 1 is 1.32 bits per heavy atom. The molecule has 1 aliphatic heterocycles. The smallest absolute Gasteiger partial charge is 0.408 e. The van der Waals surface area contributed by atoms with Crippen LogP contribution in [-0.2, 0) is 4.79 Å². The summed E-state index contributed by atoms with van der Waals surface area (Å²) in [5.41, 5.74) is 0.882. The van der Waals surface area contributed by atoms with Crippen LogP contribution >= 0.6 is 0 Å². The highest BCUT2D eigenvalue weighted by Crippen LogP contribution is 2.32. The van der Waals surface area contributed by atoms with Crippen LogP contribution in [0.3, 0.4) is 0 Å². The van der Waals surface area contributed by atoms with Crippen LogP contribution in [0.25, 0.3) is 0 Å². The molecule has 9 heteroatoms. The van der Waals surface area contributed by atoms with Gasteiger partial charge in [-0.15, -0.1) is 0 Å². The highest BCUT2D eigenvalue weighted by molar-refractivity contribution is 5.94. The summed E-state index contributed by atoms with van der Waals surface area (Å²) in [5, 5.41) is 2.69. The van der Waals surface area contributed by atoms with Crippen molar-refractivity contribution in [2.24, 2.45) is 0 Å². The number of rotatable bonds is 3. The van der Waals surface area contributed by atoms with Crippen LogP contribution in [0, 0.1) is 6.92 Å². The van der Waals surface area contributed by atoms with Gasteiger partial charge in [0.05, 0.1) is 7.11 Å². The molecule has 0 bridgehead atoms. The predicted octanol–water partition coefficient (Wildman–Crippen LogP) is 2.07. The molecule has 0 aromatic carbocycles. The van der Waals surface area contributed by atoms with Crippen LogP contribution < -0.4 is 10.1 Å². The SMILES string of the molecule is COc1cc(C(=O)N[C@H]2CC[C@H](C(F)(F)F)N(C(C)=O)C2)cc(C)n1. The molecule has 25 heavy (non-hydrogen) atoms. The lowest BCUT2D eigenvalue weighted by Crippen LogP contribution is -2.57. The van der Waals surface area contributed by atoms with Crippen molar-refractivity contribution in [3.05, 3.63) is 23.4 Å². The third kappa shape index (κ3) is 4.61. The van der Waals surface area contributed by atoms with E-state index in [1.165, 1.54) is 13.2 Å². The molecule has 0 spiro atoms. The Kier molecular flexibility index (Phi) is 5.54. The number of amides is 2. The number of hydrogen-bond acceptors (Lipinski definition) is 4. The van der Waals surface area contributed by atoms with Crippen molar-refractivity contribution in [3.8, 4) is 5.88 Å². The number of carbonyl (C=O) groups is 2. The van der Waals surface area contributed by atoms with Gasteiger partial charge in [-0.05, 0) is 25.8 Å². The number of likely N-dealkylation sites (tertiary alicyclic amines) is 1. The number of halogens is 3. The largest absolute Gasteiger partial charge is 0.481 e. The average Bonchev–Trinajstić information content (AvgIpc) is 2.52. The molecule has 2 atom stereocenters. The van der Waals surface area contributed by atoms with E-state index < -0.39 is 30.1 Å². The quantitative estimate of drug-likeness (QED) is 0.897. The van der Waals surface area contributed by atoms with E-state index in [0.29, 0.717) is 11.3 Å². The lowest BCUT2D eigenvalue weighted by atomic mass is 9.97. The number of hydrogen-bond donors (Lipinski definition) is 1. The van der Waals surface area contributed by atoms with E-state index in [4.69, 9.17) is 4.74 Å². The molecular formula is C16H20F3N3O3. The number of carbonyl (C=O) groups excluding carboxylic acids is 2. The number of ether oxygens (including phenoxy) is 1. The Labute approximate surface area is 143 Å². The minimum Gasteiger partial charge on any atom is -0.481 e. The van der Waals surface area contributed by atoms with Crippen molar-refractivity contribution in [2.45, 2.75) is 44.9 Å². The van der Waals surface area contributed by atoms with E-state index in [9.17, 15) is 22.8 Å². The van der Waals surface area contributed by atoms with Crippen molar-refractivity contribution < 1.29 is 27.5 Å². The second kappa shape index (κ2) is 7.28. The molecular weight excluding hydrogens is 339 g/mol. The zero-order valence-electron chi connectivity index (χ0n) is 14.2. The van der Waals surface area contributed by atoms with Gasteiger partial charge in [-0.1, -0.05) is 0 Å². The molecule has 0 radical (unpaired) electrons. The average molecular weight is 359 g/mol. The van der Waals surface area contributed by atoms with Crippen LogP contribution in [-0.4, -0.2) is 53.6 Å². The maximum absolute atomic E-state index is 13.0. The second-order valence-electron chi connectivity index (χ2n) is 6.02. The van der Waals surface area contributed by atoms with Gasteiger partial charge < -0.3 is 15.0 Å². The zero-order valence-corrected chi connectivity index (χ0v) is 14.2. The van der Waals surface area contributed by atoms with Crippen molar-refractivity contribution in [1.29, 1.82) is 0 Å². The van der Waals surface area contributed by atoms with Crippen LogP contribution in [0.5, 0.6) is 5.88 Å². The Balaban J connectivity index is 2.10. The molecule has 2 rings (SSSR count). The van der Waals surface area contributed by atoms with Gasteiger partial charge in [0.25, 0.3) is 5.91 Å². The van der Waals surface area contributed by atoms with Gasteiger partial charge in [0.1, 0.15) is 6.04 Å². The lowest BCUT2D eigenvalue weighted by molar-refractivity contribution is -0.196. The van der Waals surface area contributed by atoms with Crippen LogP contribution in [0.2, 0.25) is 0 Å². The van der Waals surface area contributed by atoms with Gasteiger partial charge >= 0.3 is 6.18 Å². The van der Waals surface area contributed by atoms with E-state index in [0.717, 1.165) is 11.8 Å². The highest BCUT2D eigenvalue weighted by atomic mass is 19.4. The molecule has 138 valence electrons. The Bertz CT molecular complexity index is 664. The standard InChI is InChI=1S/C16H20F3N3O3/c1-9-6-11(7-14(20-9)25-3)15(24)21-12-4-5-13(16(17,18)19)22(8-12)10(2)23/h6-7,12-13H,4-5,8H2,1-3H3,(H,21,24)/t12-,13+/m0/s1. The number of methoxy groups -OCH3 is 1. The van der Waals surface area contributed by atoms with Gasteiger partial charge in [-0.25, -0.2) is 4.98 Å². The fourth-order valence-corrected chi connectivity index (χ4v) is 2.92. The number of alkyl halides is 3. The van der Waals surface area contributed by atoms with Crippen molar-refractivity contribution in [3.63, 3.8) is 0 Å². The van der Waals surface area contributed by atoms with Crippen LogP contribution in [0.1, 0.15) is 35.8 Å². The molecule has 1 aliphatic rings. The van der Waals surface area contributed by atoms with E-state index in [-0.39, 0.29) is 25.3 Å². The highest BCUT2D eigenvalue weighted by Gasteiger charge is 2.47. The molecule has 0 unspecified atom stereocenters. The van der Waals surface area contributed by atoms with Gasteiger partial charge in [0.15, 0.2) is 0 Å². The van der Waals surface area contributed by atoms with Crippen LogP contribution in [0.15, 0.2) is 12.1 Å². The molecule has 0 aliphatic carbocycles. The van der Waals surface area contributed by atoms with Gasteiger partial charge in [0, 0.05) is 36.8 Å². The molecule has 2 heterocycles. The number of nitrogens with one attached hydrogen (secondary N) is 1. The minimum atomic E-state index is -4.48. The normalized spacial score (nSPS) is 21.0. The van der Waals surface area contributed by atoms with Gasteiger partial charge in [-0.3, -0.25) is 9.59 Å². The summed E-state index contributed by atoms with van der Waals surface area (Å²) in [6.45, 7) is 2.62.